The number of carboxylic acid groups (broad SMARTS) is 1. The molecule has 0 spiro atoms. The number of hydrogen-bond donors (Lipinski definition) is 4. The Morgan fingerprint density at radius 2 is 1.21 bits per heavy atom. The number of ether oxygens (including phenoxy) is 7. The highest BCUT2D eigenvalue weighted by Crippen LogP contribution is 2.38. The largest absolute Gasteiger partial charge is 0.494 e. The molecule has 5 aromatic rings. The number of anilines is 2. The van der Waals surface area contributed by atoms with Crippen molar-refractivity contribution in [3.8, 4) is 28.5 Å². The molecule has 1 aromatic heterocycles. The standard InChI is InChI=1S/C78H108F3N11O18S/c1-13-57-49-90(73(97)60-23-22-58(105-14-2)48-62(60)78(79,80)81)38-39-91(57)65-25-24-63(61-19-16-17-20-67(61)106-15-3)85-64(65)43-54-21-26-68(66(44-54)92(100)101)111(102,103)84-27-18-40-107-59-46-55(74(98)99)45-56(47-59)82-28-41-104-42-29-83-69(93)50-86-30-32-87(51-70(94)108-75(4,5)6)34-36-89(53-72(96)110-77(10,11)12)37-35-88(33-31-86)52-71(95)109-76(7,8)9/h16-17,19-26,44-48,57,82,84H,13-15,18,27-43,49-53H2,1-12H3,(H,83,93)(H,98,99)/t57-/m1/s1. The van der Waals surface area contributed by atoms with Gasteiger partial charge in [0.2, 0.25) is 15.9 Å². The molecule has 0 bridgehead atoms. The zero-order valence-corrected chi connectivity index (χ0v) is 66.4. The Morgan fingerprint density at radius 1 is 0.631 bits per heavy atom. The number of aromatic carboxylic acids is 1. The van der Waals surface area contributed by atoms with Gasteiger partial charge in [-0.15, -0.1) is 0 Å². The number of hydrogen-bond acceptors (Lipinski definition) is 24. The summed E-state index contributed by atoms with van der Waals surface area (Å²) in [7, 11) is -4.54. The summed E-state index contributed by atoms with van der Waals surface area (Å²) in [5.74, 6) is -2.92. The minimum atomic E-state index is -4.84. The summed E-state index contributed by atoms with van der Waals surface area (Å²) in [5, 5.41) is 28.8. The molecule has 7 rings (SSSR count). The van der Waals surface area contributed by atoms with E-state index in [1.165, 1.54) is 29.2 Å². The van der Waals surface area contributed by atoms with E-state index in [9.17, 15) is 65.6 Å². The van der Waals surface area contributed by atoms with Gasteiger partial charge in [-0.1, -0.05) is 25.1 Å². The highest BCUT2D eigenvalue weighted by atomic mass is 32.2. The van der Waals surface area contributed by atoms with Crippen LogP contribution in [0.2, 0.25) is 0 Å². The van der Waals surface area contributed by atoms with Crippen LogP contribution in [-0.4, -0.2) is 257 Å². The number of halogens is 3. The van der Waals surface area contributed by atoms with Gasteiger partial charge >= 0.3 is 30.1 Å². The smallest absolute Gasteiger partial charge is 0.417 e. The van der Waals surface area contributed by atoms with E-state index >= 15 is 0 Å². The lowest BCUT2D eigenvalue weighted by Crippen LogP contribution is -2.55. The Morgan fingerprint density at radius 3 is 1.76 bits per heavy atom. The number of rotatable bonds is 34. The third kappa shape index (κ3) is 29.1. The molecular weight excluding hydrogens is 1470 g/mol. The predicted octanol–water partition coefficient (Wildman–Crippen LogP) is 9.04. The zero-order chi connectivity index (χ0) is 81.4. The van der Waals surface area contributed by atoms with Gasteiger partial charge in [-0.05, 0) is 155 Å². The molecule has 4 aromatic carbocycles. The van der Waals surface area contributed by atoms with Gasteiger partial charge in [-0.25, -0.2) is 17.9 Å². The lowest BCUT2D eigenvalue weighted by atomic mass is 10.0. The molecule has 111 heavy (non-hydrogen) atoms. The molecular formula is C78H108F3N11O18S. The number of carboxylic acids is 1. The molecule has 0 radical (unpaired) electrons. The summed E-state index contributed by atoms with van der Waals surface area (Å²) in [6.45, 7) is 25.4. The van der Waals surface area contributed by atoms with E-state index in [-0.39, 0.29) is 128 Å². The van der Waals surface area contributed by atoms with Gasteiger partial charge in [0.1, 0.15) is 34.1 Å². The first kappa shape index (κ1) is 89.0. The molecule has 1 atom stereocenters. The minimum Gasteiger partial charge on any atom is -0.494 e. The summed E-state index contributed by atoms with van der Waals surface area (Å²) in [6, 6.07) is 21.7. The van der Waals surface area contributed by atoms with Crippen molar-refractivity contribution in [3.05, 3.63) is 129 Å². The van der Waals surface area contributed by atoms with Crippen molar-refractivity contribution in [3.63, 3.8) is 0 Å². The van der Waals surface area contributed by atoms with Crippen LogP contribution < -0.4 is 34.5 Å². The number of nitro benzene ring substituents is 1. The summed E-state index contributed by atoms with van der Waals surface area (Å²) in [5.41, 5.74) is -1.74. The molecule has 2 fully saturated rings. The van der Waals surface area contributed by atoms with Crippen molar-refractivity contribution in [1.82, 2.24) is 39.5 Å². The number of sulfonamides is 1. The summed E-state index contributed by atoms with van der Waals surface area (Å²) >= 11 is 0. The number of nitrogens with zero attached hydrogens (tertiary/aromatic N) is 8. The van der Waals surface area contributed by atoms with Gasteiger partial charge < -0.3 is 58.7 Å². The molecule has 610 valence electrons. The van der Waals surface area contributed by atoms with E-state index in [4.69, 9.17) is 38.1 Å². The van der Waals surface area contributed by atoms with Gasteiger partial charge in [0.15, 0.2) is 4.90 Å². The normalized spacial score (nSPS) is 15.7. The van der Waals surface area contributed by atoms with Crippen LogP contribution in [0, 0.1) is 10.1 Å². The summed E-state index contributed by atoms with van der Waals surface area (Å²) in [6.07, 6.45) is -4.39. The van der Waals surface area contributed by atoms with Gasteiger partial charge in [0.05, 0.1) is 97.9 Å². The number of nitrogens with one attached hydrogen (secondary N) is 3. The predicted molar refractivity (Wildman–Crippen MR) is 411 cm³/mol. The Labute approximate surface area is 647 Å². The number of pyridine rings is 1. The fraction of sp³-hybridized carbons (Fsp3) is 0.551. The number of piperazine rings is 1. The SMILES string of the molecule is CCOc1ccc(C(=O)N2CCN(c3ccc(-c4ccccc4OCC)nc3Cc3ccc(S(=O)(=O)NCCCOc4cc(NCCOCCNC(=O)CN5CCN(CC(=O)OC(C)(C)C)CCN(CC(=O)OC(C)(C)C)CCN(CC(=O)OC(C)(C)C)CC5)cc(C(=O)O)c4)c([N+](=O)[O-])c3)[C@H](CC)C2)c(C(F)(F)F)c1. The van der Waals surface area contributed by atoms with Crippen molar-refractivity contribution in [2.45, 2.75) is 136 Å². The number of para-hydroxylation sites is 1. The van der Waals surface area contributed by atoms with Crippen molar-refractivity contribution < 1.29 is 93.5 Å². The maximum absolute atomic E-state index is 14.4. The highest BCUT2D eigenvalue weighted by Gasteiger charge is 2.39. The first-order valence-electron chi connectivity index (χ1n) is 37.3. The number of nitro groups is 1. The molecule has 4 N–H and O–H groups in total. The first-order chi connectivity index (χ1) is 52.3. The van der Waals surface area contributed by atoms with E-state index in [0.29, 0.717) is 105 Å². The van der Waals surface area contributed by atoms with E-state index < -0.39 is 95.5 Å². The summed E-state index contributed by atoms with van der Waals surface area (Å²) < 4.78 is 113. The van der Waals surface area contributed by atoms with E-state index in [1.54, 1.807) is 87.4 Å². The van der Waals surface area contributed by atoms with Crippen molar-refractivity contribution >= 4 is 62.8 Å². The van der Waals surface area contributed by atoms with Gasteiger partial charge in [0, 0.05) is 127 Å². The monoisotopic (exact) mass is 1580 g/mol. The number of carbonyl (C=O) groups is 6. The first-order valence-corrected chi connectivity index (χ1v) is 38.8. The minimum absolute atomic E-state index is 0.0126. The number of amides is 2. The van der Waals surface area contributed by atoms with E-state index in [1.807, 2.05) is 62.6 Å². The quantitative estimate of drug-likeness (QED) is 0.00980. The fourth-order valence-corrected chi connectivity index (χ4v) is 13.8. The second-order valence-electron chi connectivity index (χ2n) is 29.9. The maximum atomic E-state index is 14.4. The van der Waals surface area contributed by atoms with Crippen LogP contribution in [-0.2, 0) is 60.7 Å². The second-order valence-corrected chi connectivity index (χ2v) is 31.6. The summed E-state index contributed by atoms with van der Waals surface area (Å²) in [4.78, 5) is 107. The van der Waals surface area contributed by atoms with Crippen LogP contribution in [0.4, 0.5) is 30.2 Å². The molecule has 2 amide bonds. The Kier molecular flexibility index (Phi) is 32.7. The number of alkyl halides is 3. The maximum Gasteiger partial charge on any atom is 0.417 e. The van der Waals surface area contributed by atoms with Gasteiger partial charge in [-0.3, -0.25) is 58.7 Å². The Hall–Kier alpha value is -9.25. The zero-order valence-electron chi connectivity index (χ0n) is 65.6. The molecule has 3 heterocycles. The molecule has 2 aliphatic heterocycles. The third-order valence-corrected chi connectivity index (χ3v) is 19.0. The third-order valence-electron chi connectivity index (χ3n) is 17.5. The molecule has 29 nitrogen and oxygen atoms in total. The molecule has 0 saturated carbocycles. The van der Waals surface area contributed by atoms with Crippen molar-refractivity contribution in [1.29, 1.82) is 0 Å². The lowest BCUT2D eigenvalue weighted by molar-refractivity contribution is -0.387. The molecule has 0 aliphatic carbocycles. The van der Waals surface area contributed by atoms with Gasteiger partial charge in [0.25, 0.3) is 11.6 Å². The lowest BCUT2D eigenvalue weighted by Gasteiger charge is -2.43. The number of esters is 3. The van der Waals surface area contributed by atoms with Crippen LogP contribution in [0.25, 0.3) is 11.3 Å². The van der Waals surface area contributed by atoms with Crippen LogP contribution in [0.5, 0.6) is 17.2 Å². The molecule has 2 saturated heterocycles. The Bertz CT molecular complexity index is 4070. The van der Waals surface area contributed by atoms with E-state index in [2.05, 4.69) is 15.4 Å². The average Bonchev–Trinajstić information content (AvgIpc) is 0.777. The van der Waals surface area contributed by atoms with Gasteiger partial charge in [-0.2, -0.15) is 13.2 Å². The highest BCUT2D eigenvalue weighted by molar-refractivity contribution is 7.89. The molecule has 0 unspecified atom stereocenters. The van der Waals surface area contributed by atoms with Crippen LogP contribution in [0.3, 0.4) is 0 Å². The fourth-order valence-electron chi connectivity index (χ4n) is 12.5. The second kappa shape index (κ2) is 40.8. The van der Waals surface area contributed by atoms with Crippen LogP contribution in [0.1, 0.15) is 133 Å². The van der Waals surface area contributed by atoms with Crippen molar-refractivity contribution in [2.24, 2.45) is 0 Å². The van der Waals surface area contributed by atoms with Crippen LogP contribution >= 0.6 is 0 Å². The number of aromatic nitrogens is 1. The molecule has 33 heteroatoms. The Balaban J connectivity index is 0.936. The average molecular weight is 1580 g/mol. The topological polar surface area (TPSA) is 333 Å². The molecule has 2 aliphatic rings. The number of benzene rings is 4. The van der Waals surface area contributed by atoms with Crippen LogP contribution in [0.15, 0.2) is 95.9 Å². The van der Waals surface area contributed by atoms with E-state index in [0.717, 1.165) is 24.3 Å². The van der Waals surface area contributed by atoms with Crippen molar-refractivity contribution in [2.75, 3.05) is 161 Å². The number of carbonyl (C=O) groups excluding carboxylic acids is 5.